The smallest absolute Gasteiger partial charge is 0.157 e. The van der Waals surface area contributed by atoms with Crippen molar-refractivity contribution in [2.75, 3.05) is 13.2 Å². The minimum Gasteiger partial charge on any atom is -0.490 e. The molecule has 17 heavy (non-hydrogen) atoms. The third kappa shape index (κ3) is 3.73. The van der Waals surface area contributed by atoms with E-state index in [1.54, 1.807) is 6.20 Å². The summed E-state index contributed by atoms with van der Waals surface area (Å²) >= 11 is 0. The van der Waals surface area contributed by atoms with Crippen molar-refractivity contribution in [2.24, 2.45) is 0 Å². The maximum absolute atomic E-state index is 5.72. The van der Waals surface area contributed by atoms with Gasteiger partial charge in [-0.05, 0) is 39.7 Å². The summed E-state index contributed by atoms with van der Waals surface area (Å²) in [6.07, 6.45) is 8.82. The predicted molar refractivity (Wildman–Crippen MR) is 68.4 cm³/mol. The van der Waals surface area contributed by atoms with Crippen LogP contribution in [0.4, 0.5) is 0 Å². The van der Waals surface area contributed by atoms with Gasteiger partial charge in [0.05, 0.1) is 19.0 Å². The van der Waals surface area contributed by atoms with E-state index in [0.29, 0.717) is 12.1 Å². The molecule has 1 aromatic heterocycles. The van der Waals surface area contributed by atoms with E-state index in [9.17, 15) is 0 Å². The second kappa shape index (κ2) is 6.05. The average molecular weight is 237 g/mol. The molecule has 0 aromatic carbocycles. The predicted octanol–water partition coefficient (Wildman–Crippen LogP) is 2.38. The van der Waals surface area contributed by atoms with Crippen molar-refractivity contribution in [1.82, 2.24) is 15.1 Å². The molecule has 96 valence electrons. The molecule has 1 unspecified atom stereocenters. The lowest BCUT2D eigenvalue weighted by Gasteiger charge is -2.23. The van der Waals surface area contributed by atoms with Gasteiger partial charge in [0.1, 0.15) is 0 Å². The van der Waals surface area contributed by atoms with Gasteiger partial charge in [0.25, 0.3) is 0 Å². The fourth-order valence-corrected chi connectivity index (χ4v) is 2.17. The molecule has 1 atom stereocenters. The number of nitrogens with one attached hydrogen (secondary N) is 1. The first-order valence-corrected chi connectivity index (χ1v) is 6.66. The van der Waals surface area contributed by atoms with E-state index < -0.39 is 0 Å². The van der Waals surface area contributed by atoms with E-state index in [2.05, 4.69) is 24.3 Å². The number of ether oxygens (including phenoxy) is 1. The third-order valence-corrected chi connectivity index (χ3v) is 3.25. The molecular weight excluding hydrogens is 214 g/mol. The molecule has 0 aliphatic carbocycles. The molecule has 4 nitrogen and oxygen atoms in total. The van der Waals surface area contributed by atoms with Crippen LogP contribution in [0, 0.1) is 0 Å². The fourth-order valence-electron chi connectivity index (χ4n) is 2.17. The highest BCUT2D eigenvalue weighted by atomic mass is 16.5. The Balaban J connectivity index is 1.70. The van der Waals surface area contributed by atoms with Gasteiger partial charge in [-0.1, -0.05) is 6.42 Å². The van der Waals surface area contributed by atoms with E-state index in [0.717, 1.165) is 25.3 Å². The van der Waals surface area contributed by atoms with Crippen LogP contribution in [0.5, 0.6) is 5.75 Å². The number of nitrogens with zero attached hydrogens (tertiary/aromatic N) is 2. The molecule has 1 aliphatic heterocycles. The van der Waals surface area contributed by atoms with Crippen LogP contribution < -0.4 is 10.1 Å². The zero-order valence-electron chi connectivity index (χ0n) is 10.9. The maximum Gasteiger partial charge on any atom is 0.157 e. The van der Waals surface area contributed by atoms with Crippen LogP contribution in [0.25, 0.3) is 0 Å². The lowest BCUT2D eigenvalue weighted by Crippen LogP contribution is -2.35. The van der Waals surface area contributed by atoms with Crippen LogP contribution in [0.1, 0.15) is 45.6 Å². The van der Waals surface area contributed by atoms with Crippen molar-refractivity contribution in [2.45, 2.75) is 51.6 Å². The van der Waals surface area contributed by atoms with Crippen molar-refractivity contribution in [1.29, 1.82) is 0 Å². The van der Waals surface area contributed by atoms with Crippen LogP contribution in [-0.4, -0.2) is 29.0 Å². The molecule has 2 heterocycles. The van der Waals surface area contributed by atoms with Gasteiger partial charge in [0, 0.05) is 12.1 Å². The van der Waals surface area contributed by atoms with E-state index in [1.165, 1.54) is 19.3 Å². The molecule has 0 bridgehead atoms. The summed E-state index contributed by atoms with van der Waals surface area (Å²) in [5.74, 6) is 0.884. The van der Waals surface area contributed by atoms with Crippen LogP contribution >= 0.6 is 0 Å². The molecule has 0 spiro atoms. The second-order valence-electron chi connectivity index (χ2n) is 5.03. The van der Waals surface area contributed by atoms with Gasteiger partial charge >= 0.3 is 0 Å². The quantitative estimate of drug-likeness (QED) is 0.854. The zero-order chi connectivity index (χ0) is 12.1. The van der Waals surface area contributed by atoms with Crippen molar-refractivity contribution in [3.63, 3.8) is 0 Å². The number of hydrogen-bond acceptors (Lipinski definition) is 3. The number of hydrogen-bond donors (Lipinski definition) is 1. The normalized spacial score (nSPS) is 20.8. The minimum atomic E-state index is 0.396. The number of rotatable bonds is 5. The average Bonchev–Trinajstić information content (AvgIpc) is 2.79. The highest BCUT2D eigenvalue weighted by Crippen LogP contribution is 2.14. The molecular formula is C13H23N3O. The molecule has 0 radical (unpaired) electrons. The first kappa shape index (κ1) is 12.4. The monoisotopic (exact) mass is 237 g/mol. The number of piperidine rings is 1. The maximum atomic E-state index is 5.72. The Hall–Kier alpha value is -1.03. The second-order valence-corrected chi connectivity index (χ2v) is 5.03. The molecule has 2 rings (SSSR count). The van der Waals surface area contributed by atoms with Crippen LogP contribution in [0.15, 0.2) is 12.4 Å². The largest absolute Gasteiger partial charge is 0.490 e. The Morgan fingerprint density at radius 3 is 3.06 bits per heavy atom. The SMILES string of the molecule is CC(C)n1cc(OCCC2CCCCN2)cn1. The van der Waals surface area contributed by atoms with Crippen molar-refractivity contribution >= 4 is 0 Å². The Labute approximate surface area is 103 Å². The van der Waals surface area contributed by atoms with Crippen molar-refractivity contribution in [3.8, 4) is 5.75 Å². The minimum absolute atomic E-state index is 0.396. The lowest BCUT2D eigenvalue weighted by atomic mass is 10.0. The molecule has 1 N–H and O–H groups in total. The van der Waals surface area contributed by atoms with E-state index in [4.69, 9.17) is 4.74 Å². The molecule has 0 amide bonds. The van der Waals surface area contributed by atoms with Gasteiger partial charge in [0.2, 0.25) is 0 Å². The van der Waals surface area contributed by atoms with Gasteiger partial charge in [-0.25, -0.2) is 0 Å². The molecule has 4 heteroatoms. The Morgan fingerprint density at radius 2 is 2.41 bits per heavy atom. The summed E-state index contributed by atoms with van der Waals surface area (Å²) in [7, 11) is 0. The molecule has 1 aromatic rings. The van der Waals surface area contributed by atoms with Crippen LogP contribution in [0.3, 0.4) is 0 Å². The number of aromatic nitrogens is 2. The lowest BCUT2D eigenvalue weighted by molar-refractivity contribution is 0.268. The highest BCUT2D eigenvalue weighted by Gasteiger charge is 2.12. The van der Waals surface area contributed by atoms with Crippen molar-refractivity contribution < 1.29 is 4.74 Å². The Kier molecular flexibility index (Phi) is 4.42. The molecule has 1 saturated heterocycles. The molecule has 1 fully saturated rings. The standard InChI is InChI=1S/C13H23N3O/c1-11(2)16-10-13(9-15-16)17-8-6-12-5-3-4-7-14-12/h9-12,14H,3-8H2,1-2H3. The van der Waals surface area contributed by atoms with Gasteiger partial charge in [-0.3, -0.25) is 4.68 Å². The van der Waals surface area contributed by atoms with Gasteiger partial charge in [-0.2, -0.15) is 5.10 Å². The topological polar surface area (TPSA) is 39.1 Å². The third-order valence-electron chi connectivity index (χ3n) is 3.25. The first-order valence-electron chi connectivity index (χ1n) is 6.66. The van der Waals surface area contributed by atoms with Gasteiger partial charge < -0.3 is 10.1 Å². The van der Waals surface area contributed by atoms with Crippen LogP contribution in [-0.2, 0) is 0 Å². The summed E-state index contributed by atoms with van der Waals surface area (Å²) in [6, 6.07) is 1.04. The summed E-state index contributed by atoms with van der Waals surface area (Å²) in [4.78, 5) is 0. The zero-order valence-corrected chi connectivity index (χ0v) is 10.9. The Morgan fingerprint density at radius 1 is 1.53 bits per heavy atom. The van der Waals surface area contributed by atoms with Gasteiger partial charge in [-0.15, -0.1) is 0 Å². The Bertz CT molecular complexity index is 329. The fraction of sp³-hybridized carbons (Fsp3) is 0.769. The van der Waals surface area contributed by atoms with E-state index >= 15 is 0 Å². The van der Waals surface area contributed by atoms with Crippen molar-refractivity contribution in [3.05, 3.63) is 12.4 Å². The van der Waals surface area contributed by atoms with E-state index in [-0.39, 0.29) is 0 Å². The van der Waals surface area contributed by atoms with E-state index in [1.807, 2.05) is 10.9 Å². The molecule has 0 saturated carbocycles. The summed E-state index contributed by atoms with van der Waals surface area (Å²) in [5, 5.41) is 7.79. The van der Waals surface area contributed by atoms with Gasteiger partial charge in [0.15, 0.2) is 5.75 Å². The van der Waals surface area contributed by atoms with Crippen LogP contribution in [0.2, 0.25) is 0 Å². The highest BCUT2D eigenvalue weighted by molar-refractivity contribution is 5.11. The summed E-state index contributed by atoms with van der Waals surface area (Å²) < 4.78 is 7.64. The molecule has 1 aliphatic rings. The summed E-state index contributed by atoms with van der Waals surface area (Å²) in [5.41, 5.74) is 0. The first-order chi connectivity index (χ1) is 8.25. The summed E-state index contributed by atoms with van der Waals surface area (Å²) in [6.45, 7) is 6.17.